The molecule has 0 bridgehead atoms. The van der Waals surface area contributed by atoms with Crippen LogP contribution in [0, 0.1) is 11.3 Å². The molecule has 1 unspecified atom stereocenters. The predicted molar refractivity (Wildman–Crippen MR) is 50.0 cm³/mol. The summed E-state index contributed by atoms with van der Waals surface area (Å²) in [6.07, 6.45) is 0.607. The molecule has 0 aromatic carbocycles. The van der Waals surface area contributed by atoms with E-state index in [1.54, 1.807) is 0 Å². The van der Waals surface area contributed by atoms with Gasteiger partial charge in [-0.3, -0.25) is 0 Å². The van der Waals surface area contributed by atoms with Crippen LogP contribution in [0.3, 0.4) is 0 Å². The van der Waals surface area contributed by atoms with Crippen molar-refractivity contribution in [2.24, 2.45) is 11.3 Å². The van der Waals surface area contributed by atoms with Crippen molar-refractivity contribution in [1.29, 1.82) is 0 Å². The van der Waals surface area contributed by atoms with Gasteiger partial charge in [0.25, 0.3) is 5.92 Å². The highest BCUT2D eigenvalue weighted by molar-refractivity contribution is 4.86. The van der Waals surface area contributed by atoms with Gasteiger partial charge in [0.05, 0.1) is 0 Å². The third-order valence-corrected chi connectivity index (χ3v) is 2.42. The molecule has 1 saturated heterocycles. The molecule has 1 N–H and O–H groups in total. The second-order valence-corrected chi connectivity index (χ2v) is 5.19. The summed E-state index contributed by atoms with van der Waals surface area (Å²) < 4.78 is 27.2. The zero-order valence-electron chi connectivity index (χ0n) is 8.66. The maximum absolute atomic E-state index is 13.6. The smallest absolute Gasteiger partial charge is 0.252 e. The van der Waals surface area contributed by atoms with Gasteiger partial charge in [-0.1, -0.05) is 20.8 Å². The summed E-state index contributed by atoms with van der Waals surface area (Å²) in [6, 6.07) is 0. The second kappa shape index (κ2) is 3.52. The molecule has 0 saturated carbocycles. The Morgan fingerprint density at radius 2 is 1.92 bits per heavy atom. The van der Waals surface area contributed by atoms with Crippen molar-refractivity contribution in [2.75, 3.05) is 13.1 Å². The lowest BCUT2D eigenvalue weighted by atomic mass is 9.83. The maximum Gasteiger partial charge on any atom is 0.252 e. The molecule has 13 heavy (non-hydrogen) atoms. The number of halogens is 2. The van der Waals surface area contributed by atoms with Crippen molar-refractivity contribution >= 4 is 0 Å². The molecule has 1 fully saturated rings. The van der Waals surface area contributed by atoms with Crippen LogP contribution in [0.25, 0.3) is 0 Å². The third kappa shape index (κ3) is 3.22. The van der Waals surface area contributed by atoms with E-state index >= 15 is 0 Å². The molecular formula is C10H19F2N. The minimum absolute atomic E-state index is 0.00759. The van der Waals surface area contributed by atoms with Gasteiger partial charge >= 0.3 is 0 Å². The van der Waals surface area contributed by atoms with Crippen LogP contribution in [-0.2, 0) is 0 Å². The standard InChI is InChI=1S/C10H19F2N/c1-9(2,3)7-10(11,12)8-4-5-13-6-8/h8,13H,4-7H2,1-3H3. The summed E-state index contributed by atoms with van der Waals surface area (Å²) in [5.74, 6) is -2.95. The van der Waals surface area contributed by atoms with Crippen LogP contribution in [-0.4, -0.2) is 19.0 Å². The molecule has 0 aliphatic carbocycles. The molecule has 0 aromatic rings. The van der Waals surface area contributed by atoms with E-state index in [1.807, 2.05) is 20.8 Å². The zero-order chi connectivity index (χ0) is 10.1. The Labute approximate surface area is 78.9 Å². The average molecular weight is 191 g/mol. The summed E-state index contributed by atoms with van der Waals surface area (Å²) in [7, 11) is 0. The van der Waals surface area contributed by atoms with E-state index in [2.05, 4.69) is 5.32 Å². The summed E-state index contributed by atoms with van der Waals surface area (Å²) in [6.45, 7) is 6.81. The second-order valence-electron chi connectivity index (χ2n) is 5.19. The SMILES string of the molecule is CC(C)(C)CC(F)(F)C1CCNC1. The van der Waals surface area contributed by atoms with Crippen molar-refractivity contribution < 1.29 is 8.78 Å². The van der Waals surface area contributed by atoms with E-state index in [0.29, 0.717) is 13.0 Å². The fraction of sp³-hybridized carbons (Fsp3) is 1.00. The van der Waals surface area contributed by atoms with E-state index in [9.17, 15) is 8.78 Å². The van der Waals surface area contributed by atoms with Crippen molar-refractivity contribution in [3.05, 3.63) is 0 Å². The van der Waals surface area contributed by atoms with Crippen LogP contribution in [0.15, 0.2) is 0 Å². The first-order valence-electron chi connectivity index (χ1n) is 4.90. The highest BCUT2D eigenvalue weighted by Crippen LogP contribution is 2.39. The Hall–Kier alpha value is -0.180. The highest BCUT2D eigenvalue weighted by Gasteiger charge is 2.43. The molecule has 1 atom stereocenters. The molecule has 1 aliphatic heterocycles. The number of nitrogens with one attached hydrogen (secondary N) is 1. The van der Waals surface area contributed by atoms with Gasteiger partial charge in [0.2, 0.25) is 0 Å². The normalized spacial score (nSPS) is 25.2. The molecule has 78 valence electrons. The first kappa shape index (κ1) is 10.9. The Bertz CT molecular complexity index is 166. The fourth-order valence-corrected chi connectivity index (χ4v) is 1.87. The van der Waals surface area contributed by atoms with Gasteiger partial charge in [-0.15, -0.1) is 0 Å². The summed E-state index contributed by atoms with van der Waals surface area (Å²) in [5.41, 5.74) is -0.286. The van der Waals surface area contributed by atoms with Crippen molar-refractivity contribution in [3.8, 4) is 0 Å². The topological polar surface area (TPSA) is 12.0 Å². The first-order chi connectivity index (χ1) is 5.81. The minimum Gasteiger partial charge on any atom is -0.316 e. The van der Waals surface area contributed by atoms with Crippen LogP contribution in [0.4, 0.5) is 8.78 Å². The number of hydrogen-bond acceptors (Lipinski definition) is 1. The van der Waals surface area contributed by atoms with Gasteiger partial charge in [0.15, 0.2) is 0 Å². The van der Waals surface area contributed by atoms with Crippen molar-refractivity contribution in [2.45, 2.75) is 39.5 Å². The summed E-state index contributed by atoms with van der Waals surface area (Å²) in [5, 5.41) is 2.98. The lowest BCUT2D eigenvalue weighted by Gasteiger charge is -2.29. The fourth-order valence-electron chi connectivity index (χ4n) is 1.87. The van der Waals surface area contributed by atoms with E-state index in [-0.39, 0.29) is 11.8 Å². The van der Waals surface area contributed by atoms with Crippen LogP contribution in [0.1, 0.15) is 33.6 Å². The zero-order valence-corrected chi connectivity index (χ0v) is 8.66. The molecule has 3 heteroatoms. The quantitative estimate of drug-likeness (QED) is 0.707. The van der Waals surface area contributed by atoms with Crippen LogP contribution >= 0.6 is 0 Å². The van der Waals surface area contributed by atoms with Crippen LogP contribution in [0.2, 0.25) is 0 Å². The van der Waals surface area contributed by atoms with E-state index in [0.717, 1.165) is 6.54 Å². The average Bonchev–Trinajstić information content (AvgIpc) is 2.29. The van der Waals surface area contributed by atoms with Gasteiger partial charge in [-0.05, 0) is 18.4 Å². The Kier molecular flexibility index (Phi) is 2.95. The van der Waals surface area contributed by atoms with Crippen molar-refractivity contribution in [3.63, 3.8) is 0 Å². The van der Waals surface area contributed by atoms with Gasteiger partial charge in [-0.25, -0.2) is 8.78 Å². The summed E-state index contributed by atoms with van der Waals surface area (Å²) in [4.78, 5) is 0. The molecule has 1 heterocycles. The van der Waals surface area contributed by atoms with Crippen LogP contribution in [0.5, 0.6) is 0 Å². The molecule has 0 amide bonds. The predicted octanol–water partition coefficient (Wildman–Crippen LogP) is 2.67. The summed E-state index contributed by atoms with van der Waals surface area (Å²) >= 11 is 0. The Morgan fingerprint density at radius 1 is 1.31 bits per heavy atom. The molecule has 1 rings (SSSR count). The minimum atomic E-state index is -2.50. The molecule has 1 aliphatic rings. The lowest BCUT2D eigenvalue weighted by molar-refractivity contribution is -0.0806. The first-order valence-corrected chi connectivity index (χ1v) is 4.90. The van der Waals surface area contributed by atoms with E-state index in [1.165, 1.54) is 0 Å². The Balaban J connectivity index is 2.53. The molecule has 0 aromatic heterocycles. The largest absolute Gasteiger partial charge is 0.316 e. The monoisotopic (exact) mass is 191 g/mol. The van der Waals surface area contributed by atoms with Gasteiger partial charge in [0, 0.05) is 18.9 Å². The molecule has 0 spiro atoms. The van der Waals surface area contributed by atoms with E-state index in [4.69, 9.17) is 0 Å². The number of alkyl halides is 2. The van der Waals surface area contributed by atoms with Gasteiger partial charge in [-0.2, -0.15) is 0 Å². The molecule has 1 nitrogen and oxygen atoms in total. The highest BCUT2D eigenvalue weighted by atomic mass is 19.3. The van der Waals surface area contributed by atoms with Crippen LogP contribution < -0.4 is 5.32 Å². The molecular weight excluding hydrogens is 172 g/mol. The number of hydrogen-bond donors (Lipinski definition) is 1. The van der Waals surface area contributed by atoms with Gasteiger partial charge in [0.1, 0.15) is 0 Å². The maximum atomic E-state index is 13.6. The molecule has 0 radical (unpaired) electrons. The van der Waals surface area contributed by atoms with Gasteiger partial charge < -0.3 is 5.32 Å². The lowest BCUT2D eigenvalue weighted by Crippen LogP contribution is -2.34. The van der Waals surface area contributed by atoms with Crippen molar-refractivity contribution in [1.82, 2.24) is 5.32 Å². The number of rotatable bonds is 2. The van der Waals surface area contributed by atoms with E-state index < -0.39 is 11.8 Å². The Morgan fingerprint density at radius 3 is 2.31 bits per heavy atom. The third-order valence-electron chi connectivity index (χ3n) is 2.42.